The number of nitrogens with zero attached hydrogens (tertiary/aromatic N) is 1. The van der Waals surface area contributed by atoms with Gasteiger partial charge in [0.2, 0.25) is 0 Å². The second-order valence-corrected chi connectivity index (χ2v) is 14.5. The third-order valence-electron chi connectivity index (χ3n) is 10.2. The fourth-order valence-electron chi connectivity index (χ4n) is 7.50. The standard InChI is InChI=1S/C50H33NS/c1-2-8-34(9-3-1)36-18-24-44(25-19-36)51(45-26-20-37(21-27-45)40-15-14-35-10-4-5-11-39(35)30-40)46-28-22-38(23-29-46)41-16-17-42-33-50-48(32-43(42)31-41)47-12-6-7-13-49(47)52-50/h1-33H. The largest absolute Gasteiger partial charge is 0.311 e. The highest BCUT2D eigenvalue weighted by atomic mass is 32.1. The van der Waals surface area contributed by atoms with E-state index in [1.54, 1.807) is 0 Å². The zero-order chi connectivity index (χ0) is 34.4. The van der Waals surface area contributed by atoms with Crippen LogP contribution in [0.2, 0.25) is 0 Å². The van der Waals surface area contributed by atoms with Crippen molar-refractivity contribution in [1.82, 2.24) is 0 Å². The first-order valence-electron chi connectivity index (χ1n) is 17.7. The van der Waals surface area contributed by atoms with Gasteiger partial charge in [-0.05, 0) is 122 Å². The molecule has 0 spiro atoms. The van der Waals surface area contributed by atoms with Crippen molar-refractivity contribution in [2.75, 3.05) is 4.90 Å². The lowest BCUT2D eigenvalue weighted by atomic mass is 9.99. The molecule has 0 N–H and O–H groups in total. The van der Waals surface area contributed by atoms with Gasteiger partial charge in [0.1, 0.15) is 0 Å². The third kappa shape index (κ3) is 5.51. The van der Waals surface area contributed by atoms with Crippen molar-refractivity contribution < 1.29 is 0 Å². The van der Waals surface area contributed by atoms with Crippen molar-refractivity contribution in [1.29, 1.82) is 0 Å². The molecule has 0 radical (unpaired) electrons. The second kappa shape index (κ2) is 12.7. The summed E-state index contributed by atoms with van der Waals surface area (Å²) in [6.45, 7) is 0. The second-order valence-electron chi connectivity index (χ2n) is 13.4. The Bertz CT molecular complexity index is 2870. The number of anilines is 3. The van der Waals surface area contributed by atoms with Crippen LogP contribution in [0, 0.1) is 0 Å². The Morgan fingerprint density at radius 2 is 0.731 bits per heavy atom. The lowest BCUT2D eigenvalue weighted by molar-refractivity contribution is 1.28. The highest BCUT2D eigenvalue weighted by Crippen LogP contribution is 2.40. The molecule has 0 unspecified atom stereocenters. The van der Waals surface area contributed by atoms with Crippen LogP contribution in [-0.4, -0.2) is 0 Å². The molecule has 0 aliphatic carbocycles. The van der Waals surface area contributed by atoms with Gasteiger partial charge >= 0.3 is 0 Å². The zero-order valence-corrected chi connectivity index (χ0v) is 29.2. The number of thiophene rings is 1. The number of rotatable bonds is 6. The summed E-state index contributed by atoms with van der Waals surface area (Å²) in [6, 6.07) is 72.9. The van der Waals surface area contributed by atoms with Gasteiger partial charge in [0.25, 0.3) is 0 Å². The smallest absolute Gasteiger partial charge is 0.0462 e. The quantitative estimate of drug-likeness (QED) is 0.169. The molecule has 0 fully saturated rings. The van der Waals surface area contributed by atoms with Crippen molar-refractivity contribution in [2.24, 2.45) is 0 Å². The molecule has 1 nitrogen and oxygen atoms in total. The van der Waals surface area contributed by atoms with Gasteiger partial charge in [-0.3, -0.25) is 0 Å². The number of hydrogen-bond donors (Lipinski definition) is 0. The van der Waals surface area contributed by atoms with E-state index in [1.807, 2.05) is 11.3 Å². The van der Waals surface area contributed by atoms with Crippen LogP contribution in [0.5, 0.6) is 0 Å². The van der Waals surface area contributed by atoms with E-state index >= 15 is 0 Å². The molecule has 244 valence electrons. The molecule has 1 aromatic heterocycles. The Kier molecular flexibility index (Phi) is 7.41. The minimum absolute atomic E-state index is 1.11. The summed E-state index contributed by atoms with van der Waals surface area (Å²) >= 11 is 1.87. The Morgan fingerprint density at radius 1 is 0.269 bits per heavy atom. The summed E-state index contributed by atoms with van der Waals surface area (Å²) < 4.78 is 2.68. The molecule has 10 rings (SSSR count). The zero-order valence-electron chi connectivity index (χ0n) is 28.4. The molecule has 52 heavy (non-hydrogen) atoms. The monoisotopic (exact) mass is 679 g/mol. The molecule has 0 bridgehead atoms. The third-order valence-corrected chi connectivity index (χ3v) is 11.4. The molecular formula is C50H33NS. The molecule has 0 atom stereocenters. The molecular weight excluding hydrogens is 647 g/mol. The van der Waals surface area contributed by atoms with Crippen molar-refractivity contribution >= 4 is 70.1 Å². The van der Waals surface area contributed by atoms with Gasteiger partial charge in [0.05, 0.1) is 0 Å². The fraction of sp³-hybridized carbons (Fsp3) is 0. The van der Waals surface area contributed by atoms with Crippen molar-refractivity contribution in [2.45, 2.75) is 0 Å². The van der Waals surface area contributed by atoms with E-state index < -0.39 is 0 Å². The van der Waals surface area contributed by atoms with Crippen LogP contribution in [0.4, 0.5) is 17.1 Å². The molecule has 0 aliphatic rings. The topological polar surface area (TPSA) is 3.24 Å². The number of hydrogen-bond acceptors (Lipinski definition) is 2. The maximum atomic E-state index is 2.36. The molecule has 2 heteroatoms. The van der Waals surface area contributed by atoms with Crippen LogP contribution in [-0.2, 0) is 0 Å². The van der Waals surface area contributed by atoms with E-state index in [2.05, 4.69) is 205 Å². The summed E-state index contributed by atoms with van der Waals surface area (Å²) in [7, 11) is 0. The van der Waals surface area contributed by atoms with Gasteiger partial charge in [0.15, 0.2) is 0 Å². The summed E-state index contributed by atoms with van der Waals surface area (Å²) in [5.74, 6) is 0. The summed E-state index contributed by atoms with van der Waals surface area (Å²) in [5, 5.41) is 7.72. The molecule has 9 aromatic carbocycles. The van der Waals surface area contributed by atoms with Gasteiger partial charge in [-0.2, -0.15) is 0 Å². The Hall–Kier alpha value is -6.48. The van der Waals surface area contributed by atoms with E-state index in [0.717, 1.165) is 17.1 Å². The number of fused-ring (bicyclic) bond motifs is 5. The van der Waals surface area contributed by atoms with Crippen LogP contribution >= 0.6 is 11.3 Å². The minimum atomic E-state index is 1.11. The molecule has 0 amide bonds. The fourth-order valence-corrected chi connectivity index (χ4v) is 8.64. The Balaban J connectivity index is 1.02. The van der Waals surface area contributed by atoms with Crippen molar-refractivity contribution in [3.8, 4) is 33.4 Å². The summed E-state index contributed by atoms with van der Waals surface area (Å²) in [6.07, 6.45) is 0. The lowest BCUT2D eigenvalue weighted by Crippen LogP contribution is -2.09. The van der Waals surface area contributed by atoms with Crippen LogP contribution in [0.25, 0.3) is 75.1 Å². The van der Waals surface area contributed by atoms with Crippen molar-refractivity contribution in [3.05, 3.63) is 200 Å². The Labute approximate surface area is 307 Å². The highest BCUT2D eigenvalue weighted by molar-refractivity contribution is 7.25. The van der Waals surface area contributed by atoms with Crippen LogP contribution in [0.1, 0.15) is 0 Å². The minimum Gasteiger partial charge on any atom is -0.311 e. The van der Waals surface area contributed by atoms with Gasteiger partial charge in [-0.25, -0.2) is 0 Å². The average molecular weight is 680 g/mol. The predicted molar refractivity (Wildman–Crippen MR) is 225 cm³/mol. The first-order valence-corrected chi connectivity index (χ1v) is 18.6. The van der Waals surface area contributed by atoms with E-state index in [4.69, 9.17) is 0 Å². The first kappa shape index (κ1) is 30.4. The summed E-state index contributed by atoms with van der Waals surface area (Å²) in [5.41, 5.74) is 10.6. The normalized spacial score (nSPS) is 11.5. The van der Waals surface area contributed by atoms with Crippen LogP contribution < -0.4 is 4.90 Å². The average Bonchev–Trinajstić information content (AvgIpc) is 3.58. The van der Waals surface area contributed by atoms with E-state index in [1.165, 1.54) is 75.1 Å². The van der Waals surface area contributed by atoms with Crippen LogP contribution in [0.15, 0.2) is 200 Å². The Morgan fingerprint density at radius 3 is 1.38 bits per heavy atom. The SMILES string of the molecule is c1ccc(-c2ccc(N(c3ccc(-c4ccc5ccccc5c4)cc3)c3ccc(-c4ccc5cc6sc7ccccc7c6cc5c4)cc3)cc2)cc1. The first-order chi connectivity index (χ1) is 25.7. The number of benzene rings is 9. The maximum absolute atomic E-state index is 2.36. The van der Waals surface area contributed by atoms with E-state index in [9.17, 15) is 0 Å². The summed E-state index contributed by atoms with van der Waals surface area (Å²) in [4.78, 5) is 2.35. The van der Waals surface area contributed by atoms with Gasteiger partial charge in [0, 0.05) is 37.2 Å². The molecule has 0 saturated heterocycles. The maximum Gasteiger partial charge on any atom is 0.0462 e. The van der Waals surface area contributed by atoms with Gasteiger partial charge < -0.3 is 4.90 Å². The molecule has 1 heterocycles. The van der Waals surface area contributed by atoms with Gasteiger partial charge in [-0.1, -0.05) is 133 Å². The van der Waals surface area contributed by atoms with Crippen LogP contribution in [0.3, 0.4) is 0 Å². The molecule has 10 aromatic rings. The molecule has 0 aliphatic heterocycles. The van der Waals surface area contributed by atoms with Gasteiger partial charge in [-0.15, -0.1) is 11.3 Å². The molecule has 0 saturated carbocycles. The van der Waals surface area contributed by atoms with Crippen molar-refractivity contribution in [3.63, 3.8) is 0 Å². The van der Waals surface area contributed by atoms with E-state index in [-0.39, 0.29) is 0 Å². The lowest BCUT2D eigenvalue weighted by Gasteiger charge is -2.26. The highest BCUT2D eigenvalue weighted by Gasteiger charge is 2.15. The predicted octanol–water partition coefficient (Wildman–Crippen LogP) is 14.8. The van der Waals surface area contributed by atoms with E-state index in [0.29, 0.717) is 0 Å².